The summed E-state index contributed by atoms with van der Waals surface area (Å²) in [4.78, 5) is 14.7. The average Bonchev–Trinajstić information content (AvgIpc) is 2.65. The lowest BCUT2D eigenvalue weighted by Crippen LogP contribution is -2.40. The van der Waals surface area contributed by atoms with Gasteiger partial charge in [0.1, 0.15) is 5.75 Å². The number of hydrogen-bond donors (Lipinski definition) is 1. The Hall–Kier alpha value is -2.54. The summed E-state index contributed by atoms with van der Waals surface area (Å²) in [5.41, 5.74) is 2.82. The first-order chi connectivity index (χ1) is 13.2. The topological polar surface area (TPSA) is 75.7 Å². The van der Waals surface area contributed by atoms with Gasteiger partial charge in [-0.25, -0.2) is 4.79 Å². The normalized spacial score (nSPS) is 12.3. The molecule has 2 aromatic rings. The van der Waals surface area contributed by atoms with Crippen LogP contribution in [0, 0.1) is 0 Å². The molecule has 2 aromatic carbocycles. The van der Waals surface area contributed by atoms with Gasteiger partial charge in [-0.15, -0.1) is 0 Å². The first-order valence-electron chi connectivity index (χ1n) is 9.36. The number of carbonyl (C=O) groups excluding carboxylic acids is 1. The molecule has 0 fully saturated rings. The van der Waals surface area contributed by atoms with Gasteiger partial charge < -0.3 is 14.4 Å². The van der Waals surface area contributed by atoms with Crippen LogP contribution >= 0.6 is 0 Å². The van der Waals surface area contributed by atoms with Crippen molar-refractivity contribution >= 4 is 21.8 Å². The minimum atomic E-state index is -3.56. The Morgan fingerprint density at radius 3 is 2.36 bits per heavy atom. The van der Waals surface area contributed by atoms with E-state index in [9.17, 15) is 13.2 Å². The predicted molar refractivity (Wildman–Crippen MR) is 112 cm³/mol. The fourth-order valence-corrected chi connectivity index (χ4v) is 3.20. The number of urea groups is 1. The van der Waals surface area contributed by atoms with Crippen molar-refractivity contribution in [2.24, 2.45) is 0 Å². The van der Waals surface area contributed by atoms with E-state index < -0.39 is 10.1 Å². The SMILES string of the molecule is CCc1cccc(NC(=O)N(Cc2ccc(OS(C)(=O)=O)cc2)[C@@H](C)CC)c1. The van der Waals surface area contributed by atoms with E-state index in [0.29, 0.717) is 6.54 Å². The van der Waals surface area contributed by atoms with Gasteiger partial charge >= 0.3 is 16.1 Å². The molecule has 0 aliphatic heterocycles. The lowest BCUT2D eigenvalue weighted by atomic mass is 10.1. The standard InChI is InChI=1S/C21H28N2O4S/c1-5-16(3)23(21(24)22-19-9-7-8-17(6-2)14-19)15-18-10-12-20(13-11-18)27-28(4,25)26/h7-14,16H,5-6,15H2,1-4H3,(H,22,24)/t16-/m0/s1. The number of nitrogens with zero attached hydrogens (tertiary/aromatic N) is 1. The maximum atomic E-state index is 12.9. The number of rotatable bonds is 8. The van der Waals surface area contributed by atoms with E-state index in [4.69, 9.17) is 4.18 Å². The summed E-state index contributed by atoms with van der Waals surface area (Å²) >= 11 is 0. The van der Waals surface area contributed by atoms with E-state index in [1.54, 1.807) is 29.2 Å². The fourth-order valence-electron chi connectivity index (χ4n) is 2.73. The van der Waals surface area contributed by atoms with E-state index in [0.717, 1.165) is 35.9 Å². The molecule has 0 saturated carbocycles. The van der Waals surface area contributed by atoms with Gasteiger partial charge in [-0.2, -0.15) is 8.42 Å². The van der Waals surface area contributed by atoms with Crippen molar-refractivity contribution < 1.29 is 17.4 Å². The van der Waals surface area contributed by atoms with E-state index in [2.05, 4.69) is 12.2 Å². The number of amides is 2. The second kappa shape index (κ2) is 9.59. The van der Waals surface area contributed by atoms with Gasteiger partial charge in [0.15, 0.2) is 0 Å². The summed E-state index contributed by atoms with van der Waals surface area (Å²) in [5.74, 6) is 0.252. The average molecular weight is 405 g/mol. The second-order valence-corrected chi connectivity index (χ2v) is 8.38. The molecular formula is C21H28N2O4S. The van der Waals surface area contributed by atoms with Gasteiger partial charge in [-0.3, -0.25) is 0 Å². The summed E-state index contributed by atoms with van der Waals surface area (Å²) < 4.78 is 27.3. The number of aryl methyl sites for hydroxylation is 1. The van der Waals surface area contributed by atoms with Crippen LogP contribution in [0.25, 0.3) is 0 Å². The second-order valence-electron chi connectivity index (χ2n) is 6.80. The third-order valence-corrected chi connectivity index (χ3v) is 4.99. The molecule has 1 N–H and O–H groups in total. The van der Waals surface area contributed by atoms with E-state index in [-0.39, 0.29) is 17.8 Å². The molecule has 28 heavy (non-hydrogen) atoms. The molecule has 0 radical (unpaired) electrons. The Balaban J connectivity index is 2.13. The molecule has 0 bridgehead atoms. The summed E-state index contributed by atoms with van der Waals surface area (Å²) in [6, 6.07) is 14.4. The van der Waals surface area contributed by atoms with Gasteiger partial charge in [-0.1, -0.05) is 38.1 Å². The zero-order valence-corrected chi connectivity index (χ0v) is 17.6. The highest BCUT2D eigenvalue weighted by molar-refractivity contribution is 7.86. The monoisotopic (exact) mass is 404 g/mol. The van der Waals surface area contributed by atoms with Crippen molar-refractivity contribution in [3.8, 4) is 5.75 Å². The first kappa shape index (κ1) is 21.8. The van der Waals surface area contributed by atoms with Crippen LogP contribution in [0.4, 0.5) is 10.5 Å². The van der Waals surface area contributed by atoms with Crippen molar-refractivity contribution in [3.63, 3.8) is 0 Å². The van der Waals surface area contributed by atoms with Crippen LogP contribution in [0.15, 0.2) is 48.5 Å². The van der Waals surface area contributed by atoms with Crippen molar-refractivity contribution in [1.29, 1.82) is 0 Å². The number of hydrogen-bond acceptors (Lipinski definition) is 4. The molecular weight excluding hydrogens is 376 g/mol. The maximum Gasteiger partial charge on any atom is 0.322 e. The highest BCUT2D eigenvalue weighted by Gasteiger charge is 2.19. The number of benzene rings is 2. The molecule has 1 atom stereocenters. The molecule has 7 heteroatoms. The predicted octanol–water partition coefficient (Wildman–Crippen LogP) is 4.42. The molecule has 0 saturated heterocycles. The molecule has 0 aromatic heterocycles. The lowest BCUT2D eigenvalue weighted by Gasteiger charge is -2.29. The molecule has 0 spiro atoms. The largest absolute Gasteiger partial charge is 0.383 e. The number of anilines is 1. The molecule has 6 nitrogen and oxygen atoms in total. The van der Waals surface area contributed by atoms with Crippen LogP contribution in [-0.2, 0) is 23.1 Å². The van der Waals surface area contributed by atoms with Crippen LogP contribution in [0.3, 0.4) is 0 Å². The Kier molecular flexibility index (Phi) is 7.45. The molecule has 2 amide bonds. The Morgan fingerprint density at radius 2 is 1.79 bits per heavy atom. The summed E-state index contributed by atoms with van der Waals surface area (Å²) in [7, 11) is -3.56. The van der Waals surface area contributed by atoms with Crippen LogP contribution in [0.1, 0.15) is 38.3 Å². The smallest absolute Gasteiger partial charge is 0.322 e. The molecule has 0 heterocycles. The molecule has 152 valence electrons. The molecule has 0 aliphatic rings. The highest BCUT2D eigenvalue weighted by atomic mass is 32.2. The molecule has 0 aliphatic carbocycles. The Morgan fingerprint density at radius 1 is 1.11 bits per heavy atom. The van der Waals surface area contributed by atoms with Gasteiger partial charge in [-0.05, 0) is 55.2 Å². The van der Waals surface area contributed by atoms with Crippen LogP contribution in [-0.4, -0.2) is 31.6 Å². The zero-order chi connectivity index (χ0) is 20.7. The quantitative estimate of drug-likeness (QED) is 0.661. The van der Waals surface area contributed by atoms with Crippen LogP contribution in [0.2, 0.25) is 0 Å². The highest BCUT2D eigenvalue weighted by Crippen LogP contribution is 2.19. The number of nitrogens with one attached hydrogen (secondary N) is 1. The van der Waals surface area contributed by atoms with E-state index in [1.807, 2.05) is 38.1 Å². The summed E-state index contributed by atoms with van der Waals surface area (Å²) in [5, 5.41) is 2.98. The van der Waals surface area contributed by atoms with Crippen LogP contribution in [0.5, 0.6) is 5.75 Å². The Bertz CT molecular complexity index is 895. The minimum Gasteiger partial charge on any atom is -0.383 e. The zero-order valence-electron chi connectivity index (χ0n) is 16.8. The lowest BCUT2D eigenvalue weighted by molar-refractivity contribution is 0.187. The maximum absolute atomic E-state index is 12.9. The van der Waals surface area contributed by atoms with Crippen molar-refractivity contribution in [1.82, 2.24) is 4.90 Å². The fraction of sp³-hybridized carbons (Fsp3) is 0.381. The first-order valence-corrected chi connectivity index (χ1v) is 11.2. The van der Waals surface area contributed by atoms with Crippen molar-refractivity contribution in [2.75, 3.05) is 11.6 Å². The van der Waals surface area contributed by atoms with E-state index in [1.165, 1.54) is 0 Å². The van der Waals surface area contributed by atoms with Gasteiger partial charge in [0.2, 0.25) is 0 Å². The van der Waals surface area contributed by atoms with Gasteiger partial charge in [0, 0.05) is 18.3 Å². The molecule has 2 rings (SSSR count). The minimum absolute atomic E-state index is 0.0429. The van der Waals surface area contributed by atoms with Gasteiger partial charge in [0.25, 0.3) is 0 Å². The number of carbonyl (C=O) groups is 1. The van der Waals surface area contributed by atoms with Crippen molar-refractivity contribution in [2.45, 2.75) is 46.2 Å². The summed E-state index contributed by atoms with van der Waals surface area (Å²) in [6.45, 7) is 6.52. The summed E-state index contributed by atoms with van der Waals surface area (Å²) in [6.07, 6.45) is 2.72. The third-order valence-electron chi connectivity index (χ3n) is 4.49. The van der Waals surface area contributed by atoms with Gasteiger partial charge in [0.05, 0.1) is 6.26 Å². The van der Waals surface area contributed by atoms with Crippen LogP contribution < -0.4 is 9.50 Å². The van der Waals surface area contributed by atoms with E-state index >= 15 is 0 Å². The third kappa shape index (κ3) is 6.56. The Labute approximate surface area is 167 Å². The molecule has 0 unspecified atom stereocenters. The van der Waals surface area contributed by atoms with Crippen molar-refractivity contribution in [3.05, 3.63) is 59.7 Å².